The highest BCUT2D eigenvalue weighted by atomic mass is 16.5. The number of aryl methyl sites for hydroxylation is 1. The Morgan fingerprint density at radius 3 is 2.63 bits per heavy atom. The van der Waals surface area contributed by atoms with Crippen LogP contribution >= 0.6 is 0 Å². The zero-order chi connectivity index (χ0) is 13.2. The van der Waals surface area contributed by atoms with Gasteiger partial charge in [-0.05, 0) is 31.9 Å². The molecule has 2 aromatic rings. The van der Waals surface area contributed by atoms with Gasteiger partial charge in [-0.25, -0.2) is 0 Å². The lowest BCUT2D eigenvalue weighted by atomic mass is 10.1. The van der Waals surface area contributed by atoms with Gasteiger partial charge in [0.25, 0.3) is 5.89 Å². The fourth-order valence-corrected chi connectivity index (χ4v) is 2.14. The summed E-state index contributed by atoms with van der Waals surface area (Å²) in [5.74, 6) is 1.86. The lowest BCUT2D eigenvalue weighted by Gasteiger charge is -2.30. The molecular formula is C12H16N6O. The van der Waals surface area contributed by atoms with E-state index in [0.29, 0.717) is 23.5 Å². The largest absolute Gasteiger partial charge is 0.355 e. The second kappa shape index (κ2) is 4.93. The molecule has 7 nitrogen and oxygen atoms in total. The first-order chi connectivity index (χ1) is 9.22. The standard InChI is InChI=1S/C12H16N6O/c1-8-14-12(19-17-8)10-2-3-11(16-15-10)18-6-4-9(13)5-7-18/h2-3,9H,4-7,13H2,1H3. The lowest BCUT2D eigenvalue weighted by molar-refractivity contribution is 0.424. The maximum atomic E-state index is 5.89. The van der Waals surface area contributed by atoms with Crippen LogP contribution in [0.5, 0.6) is 0 Å². The van der Waals surface area contributed by atoms with E-state index in [1.54, 1.807) is 6.92 Å². The summed E-state index contributed by atoms with van der Waals surface area (Å²) in [5.41, 5.74) is 6.48. The highest BCUT2D eigenvalue weighted by Crippen LogP contribution is 2.19. The molecule has 0 aromatic carbocycles. The van der Waals surface area contributed by atoms with Crippen molar-refractivity contribution < 1.29 is 4.52 Å². The van der Waals surface area contributed by atoms with Crippen LogP contribution in [0.15, 0.2) is 16.7 Å². The zero-order valence-electron chi connectivity index (χ0n) is 10.8. The average molecular weight is 260 g/mol. The Balaban J connectivity index is 1.75. The molecule has 1 fully saturated rings. The first-order valence-corrected chi connectivity index (χ1v) is 6.37. The summed E-state index contributed by atoms with van der Waals surface area (Å²) >= 11 is 0. The Morgan fingerprint density at radius 2 is 2.05 bits per heavy atom. The Labute approximate surface area is 110 Å². The van der Waals surface area contributed by atoms with Gasteiger partial charge in [-0.3, -0.25) is 0 Å². The van der Waals surface area contributed by atoms with E-state index in [0.717, 1.165) is 31.7 Å². The van der Waals surface area contributed by atoms with E-state index < -0.39 is 0 Å². The van der Waals surface area contributed by atoms with Gasteiger partial charge in [0.05, 0.1) is 0 Å². The minimum atomic E-state index is 0.310. The van der Waals surface area contributed by atoms with E-state index in [2.05, 4.69) is 25.2 Å². The summed E-state index contributed by atoms with van der Waals surface area (Å²) in [7, 11) is 0. The molecule has 0 amide bonds. The molecule has 2 aromatic heterocycles. The predicted molar refractivity (Wildman–Crippen MR) is 69.5 cm³/mol. The maximum Gasteiger partial charge on any atom is 0.278 e. The van der Waals surface area contributed by atoms with Gasteiger partial charge in [0, 0.05) is 19.1 Å². The SMILES string of the molecule is Cc1noc(-c2ccc(N3CCC(N)CC3)nn2)n1. The number of rotatable bonds is 2. The lowest BCUT2D eigenvalue weighted by Crippen LogP contribution is -2.40. The Morgan fingerprint density at radius 1 is 1.26 bits per heavy atom. The fraction of sp³-hybridized carbons (Fsp3) is 0.500. The molecule has 7 heteroatoms. The quantitative estimate of drug-likeness (QED) is 0.851. The third-order valence-corrected chi connectivity index (χ3v) is 3.26. The van der Waals surface area contributed by atoms with Crippen molar-refractivity contribution in [2.45, 2.75) is 25.8 Å². The zero-order valence-corrected chi connectivity index (χ0v) is 10.8. The highest BCUT2D eigenvalue weighted by molar-refractivity contribution is 5.49. The monoisotopic (exact) mass is 260 g/mol. The van der Waals surface area contributed by atoms with Crippen molar-refractivity contribution in [3.63, 3.8) is 0 Å². The Bertz CT molecular complexity index is 544. The molecule has 1 aliphatic heterocycles. The average Bonchev–Trinajstić information content (AvgIpc) is 2.87. The van der Waals surface area contributed by atoms with Crippen molar-refractivity contribution in [1.29, 1.82) is 0 Å². The van der Waals surface area contributed by atoms with Crippen LogP contribution in [0.4, 0.5) is 5.82 Å². The van der Waals surface area contributed by atoms with Gasteiger partial charge in [0.1, 0.15) is 0 Å². The van der Waals surface area contributed by atoms with Gasteiger partial charge in [-0.15, -0.1) is 10.2 Å². The molecule has 0 bridgehead atoms. The Kier molecular flexibility index (Phi) is 3.12. The second-order valence-corrected chi connectivity index (χ2v) is 4.75. The van der Waals surface area contributed by atoms with Crippen molar-refractivity contribution in [2.75, 3.05) is 18.0 Å². The van der Waals surface area contributed by atoms with E-state index in [9.17, 15) is 0 Å². The molecule has 0 spiro atoms. The second-order valence-electron chi connectivity index (χ2n) is 4.75. The minimum absolute atomic E-state index is 0.310. The van der Waals surface area contributed by atoms with Crippen LogP contribution in [0.1, 0.15) is 18.7 Å². The topological polar surface area (TPSA) is 94.0 Å². The van der Waals surface area contributed by atoms with Crippen LogP contribution in [0, 0.1) is 6.92 Å². The normalized spacial score (nSPS) is 16.8. The van der Waals surface area contributed by atoms with Crippen LogP contribution in [-0.4, -0.2) is 39.5 Å². The summed E-state index contributed by atoms with van der Waals surface area (Å²) in [5, 5.41) is 12.1. The molecule has 100 valence electrons. The van der Waals surface area contributed by atoms with Gasteiger partial charge in [0.15, 0.2) is 17.3 Å². The highest BCUT2D eigenvalue weighted by Gasteiger charge is 2.18. The molecule has 0 saturated carbocycles. The summed E-state index contributed by atoms with van der Waals surface area (Å²) in [4.78, 5) is 6.32. The number of hydrogen-bond acceptors (Lipinski definition) is 7. The van der Waals surface area contributed by atoms with Gasteiger partial charge < -0.3 is 15.2 Å². The van der Waals surface area contributed by atoms with Crippen LogP contribution < -0.4 is 10.6 Å². The van der Waals surface area contributed by atoms with Crippen molar-refractivity contribution in [2.24, 2.45) is 5.73 Å². The number of nitrogens with zero attached hydrogens (tertiary/aromatic N) is 5. The minimum Gasteiger partial charge on any atom is -0.355 e. The van der Waals surface area contributed by atoms with Gasteiger partial charge in [-0.1, -0.05) is 5.16 Å². The summed E-state index contributed by atoms with van der Waals surface area (Å²) in [6, 6.07) is 4.09. The molecule has 0 radical (unpaired) electrons. The molecule has 3 rings (SSSR count). The van der Waals surface area contributed by atoms with E-state index in [4.69, 9.17) is 10.3 Å². The number of nitrogens with two attached hydrogens (primary N) is 1. The van der Waals surface area contributed by atoms with Crippen LogP contribution in [0.2, 0.25) is 0 Å². The third kappa shape index (κ3) is 2.55. The predicted octanol–water partition coefficient (Wildman–Crippen LogP) is 0.763. The van der Waals surface area contributed by atoms with Gasteiger partial charge in [0.2, 0.25) is 0 Å². The summed E-state index contributed by atoms with van der Waals surface area (Å²) in [6.45, 7) is 3.62. The van der Waals surface area contributed by atoms with Crippen molar-refractivity contribution >= 4 is 5.82 Å². The number of aromatic nitrogens is 4. The maximum absolute atomic E-state index is 5.89. The molecular weight excluding hydrogens is 244 g/mol. The van der Waals surface area contributed by atoms with E-state index in [1.165, 1.54) is 0 Å². The molecule has 2 N–H and O–H groups in total. The summed E-state index contributed by atoms with van der Waals surface area (Å²) in [6.07, 6.45) is 1.98. The fourth-order valence-electron chi connectivity index (χ4n) is 2.14. The molecule has 1 aliphatic rings. The van der Waals surface area contributed by atoms with Crippen LogP contribution in [0.25, 0.3) is 11.6 Å². The van der Waals surface area contributed by atoms with Crippen molar-refractivity contribution in [1.82, 2.24) is 20.3 Å². The van der Waals surface area contributed by atoms with E-state index in [1.807, 2.05) is 12.1 Å². The van der Waals surface area contributed by atoms with Gasteiger partial charge in [-0.2, -0.15) is 4.98 Å². The molecule has 0 aliphatic carbocycles. The number of piperidine rings is 1. The first-order valence-electron chi connectivity index (χ1n) is 6.37. The first kappa shape index (κ1) is 12.0. The van der Waals surface area contributed by atoms with Crippen LogP contribution in [-0.2, 0) is 0 Å². The molecule has 3 heterocycles. The van der Waals surface area contributed by atoms with Crippen LogP contribution in [0.3, 0.4) is 0 Å². The Hall–Kier alpha value is -2.02. The molecule has 0 atom stereocenters. The van der Waals surface area contributed by atoms with E-state index >= 15 is 0 Å². The van der Waals surface area contributed by atoms with Crippen molar-refractivity contribution in [3.05, 3.63) is 18.0 Å². The smallest absolute Gasteiger partial charge is 0.278 e. The third-order valence-electron chi connectivity index (χ3n) is 3.26. The number of hydrogen-bond donors (Lipinski definition) is 1. The van der Waals surface area contributed by atoms with Gasteiger partial charge >= 0.3 is 0 Å². The van der Waals surface area contributed by atoms with E-state index in [-0.39, 0.29) is 0 Å². The van der Waals surface area contributed by atoms with Crippen molar-refractivity contribution in [3.8, 4) is 11.6 Å². The summed E-state index contributed by atoms with van der Waals surface area (Å²) < 4.78 is 5.06. The molecule has 0 unspecified atom stereocenters. The number of anilines is 1. The molecule has 1 saturated heterocycles. The molecule has 19 heavy (non-hydrogen) atoms.